The summed E-state index contributed by atoms with van der Waals surface area (Å²) in [5.74, 6) is 1.04. The van der Waals surface area contributed by atoms with Gasteiger partial charge in [-0.1, -0.05) is 0 Å². The summed E-state index contributed by atoms with van der Waals surface area (Å²) in [6.45, 7) is 7.27. The molecule has 9 heteroatoms. The quantitative estimate of drug-likeness (QED) is 0.730. The first-order chi connectivity index (χ1) is 14.8. The van der Waals surface area contributed by atoms with Gasteiger partial charge in [-0.05, 0) is 44.2 Å². The second kappa shape index (κ2) is 8.47. The first-order valence-electron chi connectivity index (χ1n) is 10.5. The minimum absolute atomic E-state index is 0.151. The monoisotopic (exact) mass is 446 g/mol. The van der Waals surface area contributed by atoms with Crippen LogP contribution in [0.3, 0.4) is 0 Å². The normalized spacial score (nSPS) is 21.3. The fourth-order valence-electron chi connectivity index (χ4n) is 4.22. The van der Waals surface area contributed by atoms with E-state index in [0.717, 1.165) is 31.0 Å². The van der Waals surface area contributed by atoms with Crippen molar-refractivity contribution in [3.05, 3.63) is 36.4 Å². The summed E-state index contributed by atoms with van der Waals surface area (Å²) in [6, 6.07) is 11.2. The van der Waals surface area contributed by atoms with E-state index in [1.54, 1.807) is 24.3 Å². The van der Waals surface area contributed by atoms with Gasteiger partial charge in [-0.15, -0.1) is 0 Å². The van der Waals surface area contributed by atoms with Crippen LogP contribution in [0.4, 0.5) is 17.1 Å². The van der Waals surface area contributed by atoms with Crippen LogP contribution in [0, 0.1) is 0 Å². The highest BCUT2D eigenvalue weighted by Gasteiger charge is 2.24. The molecule has 1 fully saturated rings. The van der Waals surface area contributed by atoms with Crippen molar-refractivity contribution in [2.45, 2.75) is 30.8 Å². The fourth-order valence-corrected chi connectivity index (χ4v) is 5.30. The Hall–Kier alpha value is -2.65. The zero-order valence-corrected chi connectivity index (χ0v) is 19.2. The number of nitrogens with zero attached hydrogens (tertiary/aromatic N) is 2. The van der Waals surface area contributed by atoms with Crippen LogP contribution in [0.15, 0.2) is 41.3 Å². The number of rotatable bonds is 5. The van der Waals surface area contributed by atoms with Crippen LogP contribution in [0.25, 0.3) is 0 Å². The third-order valence-corrected chi connectivity index (χ3v) is 7.05. The molecule has 2 unspecified atom stereocenters. The van der Waals surface area contributed by atoms with Crippen molar-refractivity contribution in [1.82, 2.24) is 5.32 Å². The lowest BCUT2D eigenvalue weighted by Gasteiger charge is -2.38. The molecule has 0 aliphatic carbocycles. The fraction of sp³-hybridized carbons (Fsp3) is 0.455. The van der Waals surface area contributed by atoms with Crippen molar-refractivity contribution < 1.29 is 17.9 Å². The average Bonchev–Trinajstić information content (AvgIpc) is 2.72. The maximum atomic E-state index is 13.2. The molecule has 0 bridgehead atoms. The van der Waals surface area contributed by atoms with E-state index in [1.807, 2.05) is 24.1 Å². The molecular formula is C22H30N4O4S. The summed E-state index contributed by atoms with van der Waals surface area (Å²) in [5.41, 5.74) is 2.25. The Morgan fingerprint density at radius 2 is 1.87 bits per heavy atom. The first-order valence-corrected chi connectivity index (χ1v) is 11.9. The van der Waals surface area contributed by atoms with Crippen molar-refractivity contribution in [2.24, 2.45) is 0 Å². The molecule has 31 heavy (non-hydrogen) atoms. The minimum Gasteiger partial charge on any atom is -0.495 e. The summed E-state index contributed by atoms with van der Waals surface area (Å²) in [5, 5.41) is 3.51. The number of hydrogen-bond acceptors (Lipinski definition) is 7. The van der Waals surface area contributed by atoms with Crippen LogP contribution in [0.1, 0.15) is 13.8 Å². The van der Waals surface area contributed by atoms with E-state index in [9.17, 15) is 8.42 Å². The van der Waals surface area contributed by atoms with Gasteiger partial charge >= 0.3 is 0 Å². The molecule has 0 saturated carbocycles. The molecule has 2 atom stereocenters. The number of nitrogens with one attached hydrogen (secondary N) is 2. The highest BCUT2D eigenvalue weighted by atomic mass is 32.2. The van der Waals surface area contributed by atoms with E-state index in [0.29, 0.717) is 35.9 Å². The molecule has 2 N–H and O–H groups in total. The van der Waals surface area contributed by atoms with Gasteiger partial charge < -0.3 is 24.6 Å². The van der Waals surface area contributed by atoms with Crippen LogP contribution < -0.4 is 29.3 Å². The highest BCUT2D eigenvalue weighted by Crippen LogP contribution is 2.35. The minimum atomic E-state index is -3.83. The number of sulfonamides is 1. The second-order valence-corrected chi connectivity index (χ2v) is 9.95. The number of piperazine rings is 1. The standard InChI is InChI=1S/C22H30N4O4S/c1-15-13-26(14-16(2)23-15)17-5-8-21(29-4)19(11-17)24-31(27,28)18-6-7-20-22(12-18)30-10-9-25(20)3/h5-8,11-12,15-16,23-24H,9-10,13-14H2,1-4H3. The van der Waals surface area contributed by atoms with Gasteiger partial charge in [-0.3, -0.25) is 4.72 Å². The maximum Gasteiger partial charge on any atom is 0.262 e. The molecule has 2 aromatic rings. The topological polar surface area (TPSA) is 83.1 Å². The Morgan fingerprint density at radius 1 is 1.13 bits per heavy atom. The summed E-state index contributed by atoms with van der Waals surface area (Å²) >= 11 is 0. The second-order valence-electron chi connectivity index (χ2n) is 8.26. The predicted molar refractivity (Wildman–Crippen MR) is 123 cm³/mol. The third kappa shape index (κ3) is 4.52. The number of ether oxygens (including phenoxy) is 2. The molecule has 0 aromatic heterocycles. The SMILES string of the molecule is COc1ccc(N2CC(C)NC(C)C2)cc1NS(=O)(=O)c1ccc2c(c1)OCCN2C. The first kappa shape index (κ1) is 21.6. The van der Waals surface area contributed by atoms with Crippen molar-refractivity contribution in [1.29, 1.82) is 0 Å². The molecular weight excluding hydrogens is 416 g/mol. The van der Waals surface area contributed by atoms with Crippen LogP contribution in [0.2, 0.25) is 0 Å². The van der Waals surface area contributed by atoms with E-state index >= 15 is 0 Å². The zero-order chi connectivity index (χ0) is 22.2. The van der Waals surface area contributed by atoms with Crippen LogP contribution in [-0.4, -0.2) is 60.9 Å². The van der Waals surface area contributed by atoms with Gasteiger partial charge in [-0.2, -0.15) is 0 Å². The van der Waals surface area contributed by atoms with Gasteiger partial charge in [0.25, 0.3) is 10.0 Å². The Labute approximate surface area is 184 Å². The third-order valence-electron chi connectivity index (χ3n) is 5.69. The molecule has 1 saturated heterocycles. The summed E-state index contributed by atoms with van der Waals surface area (Å²) in [4.78, 5) is 4.45. The number of anilines is 3. The van der Waals surface area contributed by atoms with Gasteiger partial charge in [0.2, 0.25) is 0 Å². The van der Waals surface area contributed by atoms with Crippen molar-refractivity contribution >= 4 is 27.1 Å². The van der Waals surface area contributed by atoms with E-state index in [4.69, 9.17) is 9.47 Å². The van der Waals surface area contributed by atoms with Gasteiger partial charge in [0.1, 0.15) is 18.1 Å². The molecule has 0 spiro atoms. The Bertz CT molecular complexity index is 1050. The number of methoxy groups -OCH3 is 1. The maximum absolute atomic E-state index is 13.2. The summed E-state index contributed by atoms with van der Waals surface area (Å²) in [7, 11) is -0.333. The van der Waals surface area contributed by atoms with Crippen molar-refractivity contribution in [2.75, 3.05) is 54.9 Å². The summed E-state index contributed by atoms with van der Waals surface area (Å²) in [6.07, 6.45) is 0. The van der Waals surface area contributed by atoms with Crippen LogP contribution >= 0.6 is 0 Å². The van der Waals surface area contributed by atoms with E-state index < -0.39 is 10.0 Å². The molecule has 2 aliphatic heterocycles. The highest BCUT2D eigenvalue weighted by molar-refractivity contribution is 7.92. The largest absolute Gasteiger partial charge is 0.495 e. The lowest BCUT2D eigenvalue weighted by Crippen LogP contribution is -2.54. The molecule has 168 valence electrons. The Balaban J connectivity index is 1.63. The Morgan fingerprint density at radius 3 is 2.58 bits per heavy atom. The molecule has 2 heterocycles. The molecule has 4 rings (SSSR count). The van der Waals surface area contributed by atoms with Gasteiger partial charge in [0.05, 0.1) is 29.9 Å². The van der Waals surface area contributed by atoms with Crippen LogP contribution in [0.5, 0.6) is 11.5 Å². The van der Waals surface area contributed by atoms with Crippen molar-refractivity contribution in [3.63, 3.8) is 0 Å². The van der Waals surface area contributed by atoms with Gasteiger partial charge in [0.15, 0.2) is 0 Å². The van der Waals surface area contributed by atoms with E-state index in [1.165, 1.54) is 7.11 Å². The molecule has 8 nitrogen and oxygen atoms in total. The smallest absolute Gasteiger partial charge is 0.262 e. The van der Waals surface area contributed by atoms with Gasteiger partial charge in [-0.25, -0.2) is 8.42 Å². The number of likely N-dealkylation sites (N-methyl/N-ethyl adjacent to an activating group) is 1. The number of hydrogen-bond donors (Lipinski definition) is 2. The van der Waals surface area contributed by atoms with Crippen LogP contribution in [-0.2, 0) is 10.0 Å². The molecule has 0 radical (unpaired) electrons. The number of fused-ring (bicyclic) bond motifs is 1. The number of benzene rings is 2. The average molecular weight is 447 g/mol. The predicted octanol–water partition coefficient (Wildman–Crippen LogP) is 2.51. The van der Waals surface area contributed by atoms with Crippen molar-refractivity contribution in [3.8, 4) is 11.5 Å². The van der Waals surface area contributed by atoms with Gasteiger partial charge in [0, 0.05) is 44.0 Å². The van der Waals surface area contributed by atoms with E-state index in [2.05, 4.69) is 28.8 Å². The zero-order valence-electron chi connectivity index (χ0n) is 18.4. The molecule has 2 aliphatic rings. The molecule has 2 aromatic carbocycles. The molecule has 0 amide bonds. The summed E-state index contributed by atoms with van der Waals surface area (Å²) < 4.78 is 40.1. The Kier molecular flexibility index (Phi) is 5.90. The lowest BCUT2D eigenvalue weighted by molar-refractivity contribution is 0.310. The van der Waals surface area contributed by atoms with E-state index in [-0.39, 0.29) is 4.90 Å². The lowest BCUT2D eigenvalue weighted by atomic mass is 10.1.